The van der Waals surface area contributed by atoms with E-state index >= 15 is 0 Å². The summed E-state index contributed by atoms with van der Waals surface area (Å²) in [6.45, 7) is 2.18. The van der Waals surface area contributed by atoms with Gasteiger partial charge >= 0.3 is 0 Å². The van der Waals surface area contributed by atoms with E-state index in [4.69, 9.17) is 4.74 Å². The van der Waals surface area contributed by atoms with Crippen LogP contribution in [0.3, 0.4) is 0 Å². The molecule has 0 radical (unpaired) electrons. The number of methoxy groups -OCH3 is 1. The number of ether oxygens (including phenoxy) is 1. The van der Waals surface area contributed by atoms with E-state index in [9.17, 15) is 16.8 Å². The molecule has 126 valence electrons. The van der Waals surface area contributed by atoms with Crippen molar-refractivity contribution in [3.05, 3.63) is 29.8 Å². The van der Waals surface area contributed by atoms with Gasteiger partial charge in [0.25, 0.3) is 0 Å². The second-order valence-corrected chi connectivity index (χ2v) is 8.54. The van der Waals surface area contributed by atoms with E-state index in [-0.39, 0.29) is 31.1 Å². The largest absolute Gasteiger partial charge is 0.383 e. The van der Waals surface area contributed by atoms with Gasteiger partial charge in [0.05, 0.1) is 17.8 Å². The summed E-state index contributed by atoms with van der Waals surface area (Å²) in [6, 6.07) is 6.61. The summed E-state index contributed by atoms with van der Waals surface area (Å²) in [6.07, 6.45) is 1.08. The highest BCUT2D eigenvalue weighted by Gasteiger charge is 2.19. The second-order valence-electron chi connectivity index (χ2n) is 4.82. The summed E-state index contributed by atoms with van der Waals surface area (Å²) in [5.74, 6) is 0. The maximum Gasteiger partial charge on any atom is 0.240 e. The molecule has 1 rings (SSSR count). The van der Waals surface area contributed by atoms with Crippen molar-refractivity contribution in [3.8, 4) is 0 Å². The molecule has 0 aliphatic rings. The maximum atomic E-state index is 12.2. The van der Waals surface area contributed by atoms with E-state index < -0.39 is 20.0 Å². The highest BCUT2D eigenvalue weighted by molar-refractivity contribution is 7.89. The van der Waals surface area contributed by atoms with Gasteiger partial charge in [-0.2, -0.15) is 4.31 Å². The molecule has 1 aromatic carbocycles. The average Bonchev–Trinajstić information content (AvgIpc) is 2.41. The lowest BCUT2D eigenvalue weighted by Gasteiger charge is -2.19. The number of nitrogens with zero attached hydrogens (tertiary/aromatic N) is 1. The molecule has 0 fully saturated rings. The molecule has 22 heavy (non-hydrogen) atoms. The minimum Gasteiger partial charge on any atom is -0.383 e. The molecule has 0 spiro atoms. The van der Waals surface area contributed by atoms with E-state index in [1.165, 1.54) is 17.5 Å². The molecule has 0 bridgehead atoms. The summed E-state index contributed by atoms with van der Waals surface area (Å²) < 4.78 is 56.1. The summed E-state index contributed by atoms with van der Waals surface area (Å²) in [7, 11) is -5.59. The molecular formula is C13H22N2O5S2. The molecule has 1 N–H and O–H groups in total. The van der Waals surface area contributed by atoms with Crippen molar-refractivity contribution in [2.75, 3.05) is 39.6 Å². The molecule has 7 nitrogen and oxygen atoms in total. The Hall–Kier alpha value is -1.00. The van der Waals surface area contributed by atoms with Gasteiger partial charge in [0.1, 0.15) is 0 Å². The number of sulfonamides is 2. The Balaban J connectivity index is 2.70. The Kier molecular flexibility index (Phi) is 6.95. The summed E-state index contributed by atoms with van der Waals surface area (Å²) in [4.78, 5) is 0.192. The Labute approximate surface area is 132 Å². The summed E-state index contributed by atoms with van der Waals surface area (Å²) in [5.41, 5.74) is 0.634. The van der Waals surface area contributed by atoms with Gasteiger partial charge in [0, 0.05) is 26.7 Å². The third kappa shape index (κ3) is 5.65. The molecule has 0 atom stereocenters. The number of benzene rings is 1. The van der Waals surface area contributed by atoms with Crippen LogP contribution in [0.2, 0.25) is 0 Å². The fourth-order valence-electron chi connectivity index (χ4n) is 1.88. The topological polar surface area (TPSA) is 92.8 Å². The third-order valence-corrected chi connectivity index (χ3v) is 5.97. The lowest BCUT2D eigenvalue weighted by molar-refractivity contribution is 0.179. The van der Waals surface area contributed by atoms with Crippen molar-refractivity contribution < 1.29 is 21.6 Å². The Bertz CT molecular complexity index is 686. The fourth-order valence-corrected chi connectivity index (χ4v) is 3.97. The first-order valence-corrected chi connectivity index (χ1v) is 10.0. The molecule has 0 saturated heterocycles. The first-order chi connectivity index (χ1) is 10.2. The fraction of sp³-hybridized carbons (Fsp3) is 0.538. The van der Waals surface area contributed by atoms with Gasteiger partial charge in [-0.3, -0.25) is 0 Å². The monoisotopic (exact) mass is 350 g/mol. The predicted molar refractivity (Wildman–Crippen MR) is 84.7 cm³/mol. The molecule has 0 aliphatic heterocycles. The van der Waals surface area contributed by atoms with E-state index in [1.807, 2.05) is 0 Å². The van der Waals surface area contributed by atoms with Crippen molar-refractivity contribution in [1.82, 2.24) is 9.03 Å². The SMILES string of the molecule is COCCN(CCNS(=O)(=O)c1ccccc1C)S(C)(=O)=O. The molecule has 0 heterocycles. The van der Waals surface area contributed by atoms with E-state index in [2.05, 4.69) is 4.72 Å². The van der Waals surface area contributed by atoms with Crippen LogP contribution in [0.15, 0.2) is 29.2 Å². The van der Waals surface area contributed by atoms with Crippen molar-refractivity contribution in [2.24, 2.45) is 0 Å². The van der Waals surface area contributed by atoms with Gasteiger partial charge in [0.15, 0.2) is 0 Å². The molecule has 0 amide bonds. The number of nitrogens with one attached hydrogen (secondary N) is 1. The lowest BCUT2D eigenvalue weighted by atomic mass is 10.2. The Morgan fingerprint density at radius 3 is 2.32 bits per heavy atom. The van der Waals surface area contributed by atoms with Crippen LogP contribution in [0.4, 0.5) is 0 Å². The van der Waals surface area contributed by atoms with Crippen LogP contribution in [-0.2, 0) is 24.8 Å². The highest BCUT2D eigenvalue weighted by Crippen LogP contribution is 2.13. The van der Waals surface area contributed by atoms with Crippen LogP contribution in [-0.4, -0.2) is 60.7 Å². The molecule has 0 saturated carbocycles. The zero-order valence-electron chi connectivity index (χ0n) is 12.9. The van der Waals surface area contributed by atoms with Crippen molar-refractivity contribution in [1.29, 1.82) is 0 Å². The molecule has 0 aliphatic carbocycles. The van der Waals surface area contributed by atoms with Crippen molar-refractivity contribution in [2.45, 2.75) is 11.8 Å². The van der Waals surface area contributed by atoms with Gasteiger partial charge in [-0.1, -0.05) is 18.2 Å². The van der Waals surface area contributed by atoms with Gasteiger partial charge in [-0.25, -0.2) is 21.6 Å². The van der Waals surface area contributed by atoms with Crippen LogP contribution >= 0.6 is 0 Å². The van der Waals surface area contributed by atoms with Crippen LogP contribution in [0.1, 0.15) is 5.56 Å². The molecular weight excluding hydrogens is 328 g/mol. The number of rotatable bonds is 9. The van der Waals surface area contributed by atoms with Crippen molar-refractivity contribution >= 4 is 20.0 Å². The molecule has 0 unspecified atom stereocenters. The highest BCUT2D eigenvalue weighted by atomic mass is 32.2. The summed E-state index contributed by atoms with van der Waals surface area (Å²) in [5, 5.41) is 0. The number of aryl methyl sites for hydroxylation is 1. The van der Waals surface area contributed by atoms with Crippen LogP contribution in [0, 0.1) is 6.92 Å². The second kappa shape index (κ2) is 8.02. The molecule has 0 aromatic heterocycles. The van der Waals surface area contributed by atoms with E-state index in [0.717, 1.165) is 6.26 Å². The van der Waals surface area contributed by atoms with E-state index in [1.54, 1.807) is 25.1 Å². The van der Waals surface area contributed by atoms with Gasteiger partial charge < -0.3 is 4.74 Å². The number of hydrogen-bond acceptors (Lipinski definition) is 5. The standard InChI is InChI=1S/C13H22N2O5S2/c1-12-6-4-5-7-13(12)22(18,19)14-8-9-15(10-11-20-2)21(3,16)17/h4-7,14H,8-11H2,1-3H3. The van der Waals surface area contributed by atoms with Crippen LogP contribution < -0.4 is 4.72 Å². The molecule has 1 aromatic rings. The number of hydrogen-bond donors (Lipinski definition) is 1. The predicted octanol–water partition coefficient (Wildman–Crippen LogP) is 0.181. The zero-order chi connectivity index (χ0) is 16.8. The average molecular weight is 350 g/mol. The smallest absolute Gasteiger partial charge is 0.240 e. The zero-order valence-corrected chi connectivity index (χ0v) is 14.6. The maximum absolute atomic E-state index is 12.2. The lowest BCUT2D eigenvalue weighted by Crippen LogP contribution is -2.39. The van der Waals surface area contributed by atoms with Crippen molar-refractivity contribution in [3.63, 3.8) is 0 Å². The third-order valence-electron chi connectivity index (χ3n) is 3.05. The minimum atomic E-state index is -3.66. The Morgan fingerprint density at radius 2 is 1.77 bits per heavy atom. The molecule has 9 heteroatoms. The van der Waals surface area contributed by atoms with Gasteiger partial charge in [0.2, 0.25) is 20.0 Å². The quantitative estimate of drug-likeness (QED) is 0.686. The minimum absolute atomic E-state index is 0.00650. The van der Waals surface area contributed by atoms with Crippen LogP contribution in [0.25, 0.3) is 0 Å². The first kappa shape index (κ1) is 19.0. The normalized spacial score (nSPS) is 12.7. The Morgan fingerprint density at radius 1 is 1.14 bits per heavy atom. The van der Waals surface area contributed by atoms with Gasteiger partial charge in [-0.05, 0) is 18.6 Å². The van der Waals surface area contributed by atoms with Gasteiger partial charge in [-0.15, -0.1) is 0 Å². The van der Waals surface area contributed by atoms with Crippen LogP contribution in [0.5, 0.6) is 0 Å². The summed E-state index contributed by atoms with van der Waals surface area (Å²) >= 11 is 0. The first-order valence-electron chi connectivity index (χ1n) is 6.68. The van der Waals surface area contributed by atoms with E-state index in [0.29, 0.717) is 5.56 Å².